The molecule has 0 saturated carbocycles. The van der Waals surface area contributed by atoms with Crippen LogP contribution < -0.4 is 4.90 Å². The largest absolute Gasteiger partial charge is 0.337 e. The van der Waals surface area contributed by atoms with Crippen LogP contribution in [-0.4, -0.2) is 28.9 Å². The molecular weight excluding hydrogens is 334 g/mol. The summed E-state index contributed by atoms with van der Waals surface area (Å²) < 4.78 is 0. The molecule has 27 heavy (non-hydrogen) atoms. The Hall–Kier alpha value is -3.14. The van der Waals surface area contributed by atoms with Crippen LogP contribution in [0, 0.1) is 0 Å². The zero-order valence-corrected chi connectivity index (χ0v) is 15.3. The molecule has 2 aromatic carbocycles. The van der Waals surface area contributed by atoms with E-state index < -0.39 is 0 Å². The van der Waals surface area contributed by atoms with E-state index in [1.807, 2.05) is 53.4 Å². The topological polar surface area (TPSA) is 36.4 Å². The van der Waals surface area contributed by atoms with E-state index in [4.69, 9.17) is 0 Å². The van der Waals surface area contributed by atoms with Crippen molar-refractivity contribution in [2.45, 2.75) is 19.4 Å². The summed E-state index contributed by atoms with van der Waals surface area (Å²) in [5.74, 6) is 0.0297. The van der Waals surface area contributed by atoms with E-state index in [1.54, 1.807) is 6.20 Å². The highest BCUT2D eigenvalue weighted by molar-refractivity contribution is 5.93. The number of rotatable bonds is 5. The molecule has 0 bridgehead atoms. The lowest BCUT2D eigenvalue weighted by molar-refractivity contribution is 0.0787. The molecule has 1 aromatic heterocycles. The summed E-state index contributed by atoms with van der Waals surface area (Å²) in [5.41, 5.74) is 3.80. The third-order valence-electron chi connectivity index (χ3n) is 4.92. The second kappa shape index (κ2) is 8.04. The van der Waals surface area contributed by atoms with Crippen molar-refractivity contribution in [3.8, 4) is 0 Å². The Bertz CT molecular complexity index is 890. The number of anilines is 2. The van der Waals surface area contributed by atoms with Gasteiger partial charge >= 0.3 is 0 Å². The summed E-state index contributed by atoms with van der Waals surface area (Å²) in [6, 6.07) is 24.5. The van der Waals surface area contributed by atoms with Crippen LogP contribution in [0.4, 0.5) is 11.4 Å². The zero-order valence-electron chi connectivity index (χ0n) is 15.3. The fourth-order valence-electron chi connectivity index (χ4n) is 3.49. The average Bonchev–Trinajstić information content (AvgIpc) is 3.28. The van der Waals surface area contributed by atoms with E-state index in [9.17, 15) is 4.79 Å². The van der Waals surface area contributed by atoms with Crippen molar-refractivity contribution in [3.05, 3.63) is 90.3 Å². The number of carbonyl (C=O) groups excluding carboxylic acids is 1. The van der Waals surface area contributed by atoms with Gasteiger partial charge in [0.2, 0.25) is 0 Å². The zero-order chi connectivity index (χ0) is 18.5. The molecule has 4 nitrogen and oxygen atoms in total. The molecule has 2 heterocycles. The van der Waals surface area contributed by atoms with E-state index in [2.05, 4.69) is 34.1 Å². The lowest BCUT2D eigenvalue weighted by Gasteiger charge is -2.26. The molecule has 0 aliphatic carbocycles. The number of hydrogen-bond acceptors (Lipinski definition) is 3. The molecule has 0 atom stereocenters. The minimum absolute atomic E-state index is 0.0297. The number of likely N-dealkylation sites (tertiary alicyclic amines) is 1. The van der Waals surface area contributed by atoms with E-state index in [-0.39, 0.29) is 5.91 Å². The number of aromatic nitrogens is 1. The Balaban J connectivity index is 1.67. The summed E-state index contributed by atoms with van der Waals surface area (Å²) in [5, 5.41) is 0. The van der Waals surface area contributed by atoms with Gasteiger partial charge in [-0.3, -0.25) is 9.78 Å². The molecule has 4 rings (SSSR count). The Morgan fingerprint density at radius 1 is 0.889 bits per heavy atom. The van der Waals surface area contributed by atoms with Gasteiger partial charge < -0.3 is 9.80 Å². The van der Waals surface area contributed by atoms with E-state index >= 15 is 0 Å². The predicted octanol–water partition coefficient (Wildman–Crippen LogP) is 4.66. The van der Waals surface area contributed by atoms with Gasteiger partial charge in [-0.2, -0.15) is 0 Å². The van der Waals surface area contributed by atoms with Gasteiger partial charge in [-0.15, -0.1) is 0 Å². The van der Waals surface area contributed by atoms with Gasteiger partial charge in [-0.1, -0.05) is 48.5 Å². The van der Waals surface area contributed by atoms with Gasteiger partial charge in [-0.05, 0) is 42.7 Å². The van der Waals surface area contributed by atoms with Crippen LogP contribution in [-0.2, 0) is 6.54 Å². The number of para-hydroxylation sites is 1. The molecule has 1 amide bonds. The maximum atomic E-state index is 12.8. The normalized spacial score (nSPS) is 13.6. The van der Waals surface area contributed by atoms with E-state index in [0.717, 1.165) is 43.9 Å². The summed E-state index contributed by atoms with van der Waals surface area (Å²) in [4.78, 5) is 21.2. The molecule has 136 valence electrons. The van der Waals surface area contributed by atoms with Crippen molar-refractivity contribution < 1.29 is 4.79 Å². The highest BCUT2D eigenvalue weighted by Crippen LogP contribution is 2.28. The lowest BCUT2D eigenvalue weighted by Crippen LogP contribution is -2.28. The van der Waals surface area contributed by atoms with E-state index in [1.165, 1.54) is 5.56 Å². The average molecular weight is 357 g/mol. The smallest absolute Gasteiger partial charge is 0.272 e. The van der Waals surface area contributed by atoms with Crippen LogP contribution >= 0.6 is 0 Å². The highest BCUT2D eigenvalue weighted by Gasteiger charge is 2.21. The van der Waals surface area contributed by atoms with Crippen molar-refractivity contribution in [1.29, 1.82) is 0 Å². The van der Waals surface area contributed by atoms with Gasteiger partial charge in [0.05, 0.1) is 0 Å². The highest BCUT2D eigenvalue weighted by atomic mass is 16.2. The molecular formula is C23H23N3O. The summed E-state index contributed by atoms with van der Waals surface area (Å²) in [6.45, 7) is 2.39. The van der Waals surface area contributed by atoms with Crippen LogP contribution in [0.5, 0.6) is 0 Å². The maximum Gasteiger partial charge on any atom is 0.272 e. The van der Waals surface area contributed by atoms with Crippen molar-refractivity contribution in [2.75, 3.05) is 18.0 Å². The summed E-state index contributed by atoms with van der Waals surface area (Å²) in [7, 11) is 0. The van der Waals surface area contributed by atoms with Crippen LogP contribution in [0.3, 0.4) is 0 Å². The van der Waals surface area contributed by atoms with Crippen LogP contribution in [0.2, 0.25) is 0 Å². The van der Waals surface area contributed by atoms with Gasteiger partial charge in [0.15, 0.2) is 0 Å². The fourth-order valence-corrected chi connectivity index (χ4v) is 3.49. The summed E-state index contributed by atoms with van der Waals surface area (Å²) in [6.07, 6.45) is 3.89. The number of pyridine rings is 1. The number of hydrogen-bond donors (Lipinski definition) is 0. The molecule has 1 aliphatic rings. The monoisotopic (exact) mass is 357 g/mol. The second-order valence-corrected chi connectivity index (χ2v) is 6.81. The Morgan fingerprint density at radius 3 is 2.26 bits per heavy atom. The first-order valence-corrected chi connectivity index (χ1v) is 9.43. The number of nitrogens with zero attached hydrogens (tertiary/aromatic N) is 3. The first kappa shape index (κ1) is 17.3. The molecule has 0 spiro atoms. The molecule has 1 fully saturated rings. The van der Waals surface area contributed by atoms with Gasteiger partial charge in [0.1, 0.15) is 5.69 Å². The minimum atomic E-state index is 0.0297. The van der Waals surface area contributed by atoms with E-state index in [0.29, 0.717) is 5.69 Å². The van der Waals surface area contributed by atoms with Crippen molar-refractivity contribution >= 4 is 17.3 Å². The lowest BCUT2D eigenvalue weighted by atomic mass is 10.1. The molecule has 3 aromatic rings. The first-order chi connectivity index (χ1) is 13.3. The van der Waals surface area contributed by atoms with Crippen molar-refractivity contribution in [2.24, 2.45) is 0 Å². The van der Waals surface area contributed by atoms with Crippen LogP contribution in [0.1, 0.15) is 28.9 Å². The standard InChI is InChI=1S/C23H23N3O/c27-23(25-15-7-8-16-25)22-17-21(13-14-24-22)26(20-11-5-2-6-12-20)18-19-9-3-1-4-10-19/h1-6,9-14,17H,7-8,15-16,18H2. The fraction of sp³-hybridized carbons (Fsp3) is 0.217. The Morgan fingerprint density at radius 2 is 1.56 bits per heavy atom. The Kier molecular flexibility index (Phi) is 5.15. The quantitative estimate of drug-likeness (QED) is 0.666. The molecule has 1 saturated heterocycles. The third-order valence-corrected chi connectivity index (χ3v) is 4.92. The summed E-state index contributed by atoms with van der Waals surface area (Å²) >= 11 is 0. The van der Waals surface area contributed by atoms with Gasteiger partial charge in [0.25, 0.3) is 5.91 Å². The molecule has 0 N–H and O–H groups in total. The number of benzene rings is 2. The van der Waals surface area contributed by atoms with Gasteiger partial charge in [-0.25, -0.2) is 0 Å². The van der Waals surface area contributed by atoms with Crippen LogP contribution in [0.15, 0.2) is 79.0 Å². The minimum Gasteiger partial charge on any atom is -0.337 e. The first-order valence-electron chi connectivity index (χ1n) is 9.43. The number of carbonyl (C=O) groups is 1. The molecule has 0 radical (unpaired) electrons. The molecule has 0 unspecified atom stereocenters. The van der Waals surface area contributed by atoms with Crippen molar-refractivity contribution in [3.63, 3.8) is 0 Å². The van der Waals surface area contributed by atoms with Crippen LogP contribution in [0.25, 0.3) is 0 Å². The van der Waals surface area contributed by atoms with Crippen molar-refractivity contribution in [1.82, 2.24) is 9.88 Å². The SMILES string of the molecule is O=C(c1cc(N(Cc2ccccc2)c2ccccc2)ccn1)N1CCCC1. The predicted molar refractivity (Wildman–Crippen MR) is 108 cm³/mol. The Labute approximate surface area is 160 Å². The molecule has 1 aliphatic heterocycles. The molecule has 4 heteroatoms. The number of amides is 1. The van der Waals surface area contributed by atoms with Gasteiger partial charge in [0, 0.05) is 37.2 Å². The maximum absolute atomic E-state index is 12.8. The second-order valence-electron chi connectivity index (χ2n) is 6.81. The third kappa shape index (κ3) is 4.00.